The molecular weight excluding hydrogens is 322 g/mol. The molecule has 0 saturated heterocycles. The largest absolute Gasteiger partial charge is 0.494 e. The van der Waals surface area contributed by atoms with Crippen LogP contribution in [0.1, 0.15) is 25.0 Å². The van der Waals surface area contributed by atoms with E-state index in [1.807, 2.05) is 18.4 Å². The van der Waals surface area contributed by atoms with E-state index in [2.05, 4.69) is 34.3 Å². The second-order valence-electron chi connectivity index (χ2n) is 5.85. The Balaban J connectivity index is 1.62. The lowest BCUT2D eigenvalue weighted by Gasteiger charge is -2.14. The van der Waals surface area contributed by atoms with Gasteiger partial charge in [0.05, 0.1) is 12.0 Å². The van der Waals surface area contributed by atoms with Crippen LogP contribution in [0.4, 0.5) is 5.82 Å². The Labute approximate surface area is 144 Å². The molecule has 0 radical (unpaired) electrons. The average Bonchev–Trinajstić information content (AvgIpc) is 3.18. The predicted molar refractivity (Wildman–Crippen MR) is 96.1 cm³/mol. The lowest BCUT2D eigenvalue weighted by molar-refractivity contribution is 0.254. The maximum atomic E-state index is 5.88. The van der Waals surface area contributed by atoms with Gasteiger partial charge in [-0.25, -0.2) is 9.97 Å². The van der Waals surface area contributed by atoms with Crippen molar-refractivity contribution in [2.24, 2.45) is 0 Å². The van der Waals surface area contributed by atoms with E-state index in [4.69, 9.17) is 9.47 Å². The first-order chi connectivity index (χ1) is 11.7. The van der Waals surface area contributed by atoms with Crippen molar-refractivity contribution in [3.05, 3.63) is 41.0 Å². The third kappa shape index (κ3) is 2.78. The Bertz CT molecular complexity index is 878. The molecule has 0 unspecified atom stereocenters. The van der Waals surface area contributed by atoms with Crippen LogP contribution >= 0.6 is 11.3 Å². The standard InChI is InChI=1S/C18H19N3O2S/c1-3-22-15-7-12-6-11(2)23-16(12)8-13(15)9-19-17-14-4-5-24-18(14)21-10-20-17/h4-5,7-8,10-11H,3,6,9H2,1-2H3,(H,19,20,21)/t11-/m0/s1. The van der Waals surface area contributed by atoms with Gasteiger partial charge in [-0.2, -0.15) is 0 Å². The van der Waals surface area contributed by atoms with Crippen LogP contribution in [-0.4, -0.2) is 22.7 Å². The van der Waals surface area contributed by atoms with Gasteiger partial charge in [-0.1, -0.05) is 0 Å². The zero-order valence-corrected chi connectivity index (χ0v) is 14.5. The van der Waals surface area contributed by atoms with Gasteiger partial charge in [-0.3, -0.25) is 0 Å². The van der Waals surface area contributed by atoms with E-state index in [1.54, 1.807) is 17.7 Å². The van der Waals surface area contributed by atoms with Crippen molar-refractivity contribution in [2.75, 3.05) is 11.9 Å². The number of aromatic nitrogens is 2. The summed E-state index contributed by atoms with van der Waals surface area (Å²) in [5.74, 6) is 2.72. The molecule has 1 N–H and O–H groups in total. The molecule has 3 heterocycles. The normalized spacial score (nSPS) is 16.0. The highest BCUT2D eigenvalue weighted by molar-refractivity contribution is 7.16. The summed E-state index contributed by atoms with van der Waals surface area (Å²) in [7, 11) is 0. The number of nitrogens with zero attached hydrogens (tertiary/aromatic N) is 2. The van der Waals surface area contributed by atoms with Crippen molar-refractivity contribution in [3.63, 3.8) is 0 Å². The SMILES string of the molecule is CCOc1cc2c(cc1CNc1ncnc3sccc13)O[C@@H](C)C2. The van der Waals surface area contributed by atoms with Gasteiger partial charge in [0.25, 0.3) is 0 Å². The summed E-state index contributed by atoms with van der Waals surface area (Å²) in [5.41, 5.74) is 2.30. The van der Waals surface area contributed by atoms with Crippen molar-refractivity contribution in [1.29, 1.82) is 0 Å². The van der Waals surface area contributed by atoms with Crippen LogP contribution in [0.3, 0.4) is 0 Å². The molecule has 4 rings (SSSR count). The van der Waals surface area contributed by atoms with Gasteiger partial charge in [-0.05, 0) is 37.4 Å². The first kappa shape index (κ1) is 15.2. The Morgan fingerprint density at radius 3 is 3.17 bits per heavy atom. The summed E-state index contributed by atoms with van der Waals surface area (Å²) in [5, 5.41) is 6.49. The minimum atomic E-state index is 0.227. The lowest BCUT2D eigenvalue weighted by atomic mass is 10.1. The third-order valence-corrected chi connectivity index (χ3v) is 4.91. The Morgan fingerprint density at radius 1 is 1.38 bits per heavy atom. The molecule has 0 spiro atoms. The molecule has 24 heavy (non-hydrogen) atoms. The number of anilines is 1. The van der Waals surface area contributed by atoms with E-state index in [9.17, 15) is 0 Å². The molecule has 3 aromatic rings. The Morgan fingerprint density at radius 2 is 2.29 bits per heavy atom. The van der Waals surface area contributed by atoms with Crippen LogP contribution in [0.2, 0.25) is 0 Å². The zero-order chi connectivity index (χ0) is 16.5. The average molecular weight is 341 g/mol. The molecule has 0 bridgehead atoms. The maximum Gasteiger partial charge on any atom is 0.138 e. The number of benzene rings is 1. The van der Waals surface area contributed by atoms with Crippen molar-refractivity contribution in [1.82, 2.24) is 9.97 Å². The zero-order valence-electron chi connectivity index (χ0n) is 13.7. The summed E-state index contributed by atoms with van der Waals surface area (Å²) in [4.78, 5) is 9.64. The molecule has 0 fully saturated rings. The first-order valence-corrected chi connectivity index (χ1v) is 9.00. The summed E-state index contributed by atoms with van der Waals surface area (Å²) >= 11 is 1.62. The number of rotatable bonds is 5. The predicted octanol–water partition coefficient (Wildman–Crippen LogP) is 4.03. The Kier molecular flexibility index (Phi) is 3.98. The van der Waals surface area contributed by atoms with E-state index < -0.39 is 0 Å². The van der Waals surface area contributed by atoms with Crippen molar-refractivity contribution < 1.29 is 9.47 Å². The Hall–Kier alpha value is -2.34. The minimum Gasteiger partial charge on any atom is -0.494 e. The van der Waals surface area contributed by atoms with Gasteiger partial charge < -0.3 is 14.8 Å². The van der Waals surface area contributed by atoms with E-state index in [1.165, 1.54) is 5.56 Å². The summed E-state index contributed by atoms with van der Waals surface area (Å²) in [6.07, 6.45) is 2.76. The first-order valence-electron chi connectivity index (χ1n) is 8.12. The smallest absolute Gasteiger partial charge is 0.138 e. The van der Waals surface area contributed by atoms with Gasteiger partial charge in [0.2, 0.25) is 0 Å². The van der Waals surface area contributed by atoms with E-state index in [-0.39, 0.29) is 6.10 Å². The molecule has 2 aromatic heterocycles. The van der Waals surface area contributed by atoms with Crippen LogP contribution in [0.5, 0.6) is 11.5 Å². The number of thiophene rings is 1. The number of ether oxygens (including phenoxy) is 2. The highest BCUT2D eigenvalue weighted by Gasteiger charge is 2.22. The number of hydrogen-bond donors (Lipinski definition) is 1. The highest BCUT2D eigenvalue weighted by atomic mass is 32.1. The molecule has 5 nitrogen and oxygen atoms in total. The maximum absolute atomic E-state index is 5.88. The molecule has 1 atom stereocenters. The fourth-order valence-electron chi connectivity index (χ4n) is 3.02. The second kappa shape index (κ2) is 6.28. The van der Waals surface area contributed by atoms with Crippen LogP contribution < -0.4 is 14.8 Å². The summed E-state index contributed by atoms with van der Waals surface area (Å²) in [6.45, 7) is 5.36. The molecule has 1 aromatic carbocycles. The van der Waals surface area contributed by atoms with Crippen molar-refractivity contribution in [3.8, 4) is 11.5 Å². The fraction of sp³-hybridized carbons (Fsp3) is 0.333. The molecule has 0 saturated carbocycles. The van der Waals surface area contributed by atoms with Crippen LogP contribution in [0.25, 0.3) is 10.2 Å². The highest BCUT2D eigenvalue weighted by Crippen LogP contribution is 2.35. The summed E-state index contributed by atoms with van der Waals surface area (Å²) in [6, 6.07) is 6.24. The summed E-state index contributed by atoms with van der Waals surface area (Å²) < 4.78 is 11.7. The van der Waals surface area contributed by atoms with Gasteiger partial charge >= 0.3 is 0 Å². The van der Waals surface area contributed by atoms with Gasteiger partial charge in [-0.15, -0.1) is 11.3 Å². The fourth-order valence-corrected chi connectivity index (χ4v) is 3.75. The molecule has 0 amide bonds. The minimum absolute atomic E-state index is 0.227. The third-order valence-electron chi connectivity index (χ3n) is 4.09. The van der Waals surface area contributed by atoms with Crippen LogP contribution in [-0.2, 0) is 13.0 Å². The molecule has 1 aliphatic rings. The van der Waals surface area contributed by atoms with Crippen molar-refractivity contribution in [2.45, 2.75) is 32.9 Å². The lowest BCUT2D eigenvalue weighted by Crippen LogP contribution is -2.06. The molecule has 0 aliphatic carbocycles. The van der Waals surface area contributed by atoms with Gasteiger partial charge in [0, 0.05) is 24.1 Å². The van der Waals surface area contributed by atoms with E-state index >= 15 is 0 Å². The monoisotopic (exact) mass is 341 g/mol. The number of fused-ring (bicyclic) bond motifs is 2. The van der Waals surface area contributed by atoms with Crippen molar-refractivity contribution >= 4 is 27.4 Å². The van der Waals surface area contributed by atoms with E-state index in [0.717, 1.165) is 39.5 Å². The van der Waals surface area contributed by atoms with Crippen LogP contribution in [0, 0.1) is 0 Å². The second-order valence-corrected chi connectivity index (χ2v) is 6.74. The molecule has 124 valence electrons. The number of nitrogens with one attached hydrogen (secondary N) is 1. The molecule has 1 aliphatic heterocycles. The topological polar surface area (TPSA) is 56.3 Å². The number of hydrogen-bond acceptors (Lipinski definition) is 6. The molecule has 6 heteroatoms. The van der Waals surface area contributed by atoms with E-state index in [0.29, 0.717) is 13.2 Å². The van der Waals surface area contributed by atoms with Crippen LogP contribution in [0.15, 0.2) is 29.9 Å². The quantitative estimate of drug-likeness (QED) is 0.759. The van der Waals surface area contributed by atoms with Gasteiger partial charge in [0.1, 0.15) is 34.6 Å². The molecular formula is C18H19N3O2S. The van der Waals surface area contributed by atoms with Gasteiger partial charge in [0.15, 0.2) is 0 Å².